The lowest BCUT2D eigenvalue weighted by Crippen LogP contribution is -2.26. The first kappa shape index (κ1) is 33.3. The molecule has 1 spiro atoms. The van der Waals surface area contributed by atoms with Crippen LogP contribution >= 0.6 is 0 Å². The van der Waals surface area contributed by atoms with E-state index in [1.165, 1.54) is 88.7 Å². The summed E-state index contributed by atoms with van der Waals surface area (Å²) < 4.78 is 2.45. The summed E-state index contributed by atoms with van der Waals surface area (Å²) in [7, 11) is 0. The lowest BCUT2D eigenvalue weighted by atomic mass is 9.70. The molecule has 3 N–H and O–H groups in total. The molecule has 266 valence electrons. The molecule has 0 radical (unpaired) electrons. The normalized spacial score (nSPS) is 13.7. The number of nitrogens with two attached hydrogens (primary N) is 1. The van der Waals surface area contributed by atoms with E-state index in [0.29, 0.717) is 5.70 Å². The van der Waals surface area contributed by atoms with Crippen molar-refractivity contribution in [2.45, 2.75) is 12.3 Å². The Labute approximate surface area is 326 Å². The van der Waals surface area contributed by atoms with E-state index in [9.17, 15) is 0 Å². The lowest BCUT2D eigenvalue weighted by Gasteiger charge is -2.31. The van der Waals surface area contributed by atoms with Gasteiger partial charge in [0.25, 0.3) is 0 Å². The fourth-order valence-corrected chi connectivity index (χ4v) is 9.39. The number of hydrogen-bond donors (Lipinski definition) is 2. The van der Waals surface area contributed by atoms with Crippen LogP contribution in [-0.2, 0) is 5.41 Å². The van der Waals surface area contributed by atoms with Gasteiger partial charge in [0.15, 0.2) is 0 Å². The van der Waals surface area contributed by atoms with Gasteiger partial charge in [-0.1, -0.05) is 163 Å². The monoisotopic (exact) mass is 717 g/mol. The Morgan fingerprint density at radius 2 is 1.18 bits per heavy atom. The summed E-state index contributed by atoms with van der Waals surface area (Å²) in [4.78, 5) is 0. The van der Waals surface area contributed by atoms with Crippen LogP contribution in [0, 0.1) is 12.3 Å². The minimum Gasteiger partial charge on any atom is -0.398 e. The largest absolute Gasteiger partial charge is 0.398 e. The van der Waals surface area contributed by atoms with E-state index in [2.05, 4.69) is 157 Å². The number of aromatic nitrogens is 1. The molecule has 3 nitrogen and oxygen atoms in total. The lowest BCUT2D eigenvalue weighted by molar-refractivity contribution is 0.796. The van der Waals surface area contributed by atoms with Gasteiger partial charge in [-0.2, -0.15) is 0 Å². The average Bonchev–Trinajstić information content (AvgIpc) is 3.86. The van der Waals surface area contributed by atoms with Gasteiger partial charge < -0.3 is 15.7 Å². The Morgan fingerprint density at radius 3 is 1.91 bits per heavy atom. The van der Waals surface area contributed by atoms with E-state index in [0.717, 1.165) is 11.1 Å². The second-order valence-corrected chi connectivity index (χ2v) is 14.7. The number of para-hydroxylation sites is 1. The molecular weight excluding hydrogens is 679 g/mol. The molecule has 1 heterocycles. The quantitative estimate of drug-likeness (QED) is 0.104. The van der Waals surface area contributed by atoms with Gasteiger partial charge in [0.1, 0.15) is 0 Å². The van der Waals surface area contributed by atoms with Crippen LogP contribution in [0.2, 0.25) is 0 Å². The van der Waals surface area contributed by atoms with Crippen LogP contribution in [0.25, 0.3) is 65.9 Å². The van der Waals surface area contributed by atoms with E-state index in [4.69, 9.17) is 11.1 Å². The van der Waals surface area contributed by atoms with Gasteiger partial charge in [-0.05, 0) is 98.3 Å². The topological polar surface area (TPSA) is 54.8 Å². The van der Waals surface area contributed by atoms with Gasteiger partial charge in [-0.3, -0.25) is 0 Å². The summed E-state index contributed by atoms with van der Waals surface area (Å²) in [5, 5.41) is 14.9. The third-order valence-electron chi connectivity index (χ3n) is 11.6. The molecule has 56 heavy (non-hydrogen) atoms. The summed E-state index contributed by atoms with van der Waals surface area (Å²) >= 11 is 0. The first-order valence-electron chi connectivity index (χ1n) is 19.1. The van der Waals surface area contributed by atoms with Crippen molar-refractivity contribution >= 4 is 55.3 Å². The molecule has 9 aromatic rings. The molecule has 11 rings (SSSR count). The van der Waals surface area contributed by atoms with Gasteiger partial charge in [0.05, 0.1) is 22.1 Å². The number of benzene rings is 8. The van der Waals surface area contributed by atoms with E-state index in [1.54, 1.807) is 6.08 Å². The fourth-order valence-electron chi connectivity index (χ4n) is 9.39. The number of fused-ring (bicyclic) bond motifs is 10. The molecule has 0 atom stereocenters. The third-order valence-corrected chi connectivity index (χ3v) is 11.6. The highest BCUT2D eigenvalue weighted by Gasteiger charge is 2.51. The number of aryl methyl sites for hydroxylation is 1. The average molecular weight is 718 g/mol. The number of rotatable bonds is 5. The van der Waals surface area contributed by atoms with Crippen LogP contribution in [-0.4, -0.2) is 10.8 Å². The molecule has 0 saturated heterocycles. The zero-order valence-corrected chi connectivity index (χ0v) is 31.1. The number of nitrogens with zero attached hydrogens (tertiary/aromatic N) is 1. The minimum atomic E-state index is -0.406. The molecule has 3 heteroatoms. The predicted molar refractivity (Wildman–Crippen MR) is 237 cm³/mol. The van der Waals surface area contributed by atoms with E-state index in [1.807, 2.05) is 42.5 Å². The third kappa shape index (κ3) is 4.87. The fraction of sp³-hybridized carbons (Fsp3) is 0.0377. The van der Waals surface area contributed by atoms with Crippen LogP contribution in [0.3, 0.4) is 0 Å². The van der Waals surface area contributed by atoms with E-state index >= 15 is 0 Å². The molecule has 0 fully saturated rings. The summed E-state index contributed by atoms with van der Waals surface area (Å²) in [6.07, 6.45) is 10.5. The van der Waals surface area contributed by atoms with Crippen molar-refractivity contribution in [2.75, 3.05) is 0 Å². The Morgan fingerprint density at radius 1 is 0.554 bits per heavy atom. The maximum atomic E-state index is 7.17. The maximum Gasteiger partial charge on any atom is 0.0726 e. The summed E-state index contributed by atoms with van der Waals surface area (Å²) in [5.41, 5.74) is 20.7. The van der Waals surface area contributed by atoms with Crippen molar-refractivity contribution in [2.24, 2.45) is 5.73 Å². The van der Waals surface area contributed by atoms with Crippen molar-refractivity contribution < 1.29 is 0 Å². The molecule has 0 unspecified atom stereocenters. The second-order valence-electron chi connectivity index (χ2n) is 14.7. The molecular formula is C53H39N3. The van der Waals surface area contributed by atoms with Crippen LogP contribution in [0.15, 0.2) is 194 Å². The van der Waals surface area contributed by atoms with Gasteiger partial charge in [0.2, 0.25) is 0 Å². The molecule has 2 aliphatic carbocycles. The smallest absolute Gasteiger partial charge is 0.0726 e. The highest BCUT2D eigenvalue weighted by atomic mass is 15.0. The van der Waals surface area contributed by atoms with Crippen molar-refractivity contribution in [3.05, 3.63) is 228 Å². The van der Waals surface area contributed by atoms with Crippen molar-refractivity contribution in [1.29, 1.82) is 5.41 Å². The van der Waals surface area contributed by atoms with Crippen LogP contribution in [0.4, 0.5) is 0 Å². The number of allylic oxidation sites excluding steroid dienone is 5. The van der Waals surface area contributed by atoms with Crippen LogP contribution in [0.5, 0.6) is 0 Å². The second kappa shape index (κ2) is 13.3. The predicted octanol–water partition coefficient (Wildman–Crippen LogP) is 12.8. The Balaban J connectivity index is 0.000000498. The molecule has 0 saturated carbocycles. The van der Waals surface area contributed by atoms with Gasteiger partial charge in [0, 0.05) is 28.2 Å². The van der Waals surface area contributed by atoms with Gasteiger partial charge >= 0.3 is 0 Å². The molecule has 0 aliphatic heterocycles. The van der Waals surface area contributed by atoms with Crippen molar-refractivity contribution in [3.8, 4) is 16.8 Å². The van der Waals surface area contributed by atoms with E-state index < -0.39 is 5.41 Å². The van der Waals surface area contributed by atoms with Gasteiger partial charge in [-0.25, -0.2) is 0 Å². The SMILES string of the molecule is Cc1ccccc1.N=C\C=C/C=C\C=C(/N)c1ccc2c(c1)c1ccccc1n2-c1cccc2c1-c1ccccc1C21c2cccc3ccc4cccc1c4c23. The molecule has 1 aromatic heterocycles. The molecule has 0 bridgehead atoms. The first-order valence-corrected chi connectivity index (χ1v) is 19.1. The number of nitrogens with one attached hydrogen (secondary N) is 1. The first-order chi connectivity index (χ1) is 27.6. The number of hydrogen-bond acceptors (Lipinski definition) is 2. The maximum absolute atomic E-state index is 7.17. The zero-order valence-electron chi connectivity index (χ0n) is 31.1. The highest BCUT2D eigenvalue weighted by molar-refractivity contribution is 6.18. The van der Waals surface area contributed by atoms with E-state index in [-0.39, 0.29) is 0 Å². The van der Waals surface area contributed by atoms with Crippen molar-refractivity contribution in [3.63, 3.8) is 0 Å². The summed E-state index contributed by atoms with van der Waals surface area (Å²) in [5.74, 6) is 0. The Bertz CT molecular complexity index is 3060. The zero-order chi connectivity index (χ0) is 37.8. The Hall–Kier alpha value is -7.23. The van der Waals surface area contributed by atoms with Crippen LogP contribution in [0.1, 0.15) is 33.4 Å². The highest BCUT2D eigenvalue weighted by Crippen LogP contribution is 2.63. The Kier molecular flexibility index (Phi) is 7.90. The standard InChI is InChI=1S/C46H31N3.C7H8/c47-27-8-2-1-3-20-39(48)31-25-26-41-34(28-31)32-14-5-7-21-40(32)49(41)42-22-11-19-38-45(42)33-15-4-6-16-35(33)46(38)36-17-9-12-29-23-24-30-13-10-18-37(46)44(30)43(29)36;1-7-5-3-2-4-6-7/h1-28,47H,48H2;2-6H,1H3/b3-1-,8-2-,39-20-,47-27?;. The summed E-state index contributed by atoms with van der Waals surface area (Å²) in [6.45, 7) is 2.08. The van der Waals surface area contributed by atoms with Gasteiger partial charge in [-0.15, -0.1) is 0 Å². The molecule has 8 aromatic carbocycles. The van der Waals surface area contributed by atoms with Crippen LogP contribution < -0.4 is 5.73 Å². The minimum absolute atomic E-state index is 0.406. The molecule has 0 amide bonds. The molecule has 2 aliphatic rings. The van der Waals surface area contributed by atoms with Crippen molar-refractivity contribution in [1.82, 2.24) is 4.57 Å². The summed E-state index contributed by atoms with van der Waals surface area (Å²) in [6, 6.07) is 59.7.